The molecule has 1 rings (SSSR count). The van der Waals surface area contributed by atoms with Crippen LogP contribution in [0, 0.1) is 0 Å². The fraction of sp³-hybridized carbons (Fsp3) is 0.714. The van der Waals surface area contributed by atoms with Crippen molar-refractivity contribution in [2.45, 2.75) is 46.1 Å². The molecule has 1 aromatic rings. The average molecular weight is 267 g/mol. The van der Waals surface area contributed by atoms with Crippen LogP contribution in [-0.4, -0.2) is 44.9 Å². The maximum absolute atomic E-state index is 12.6. The number of aromatic nitrogens is 2. The topological polar surface area (TPSA) is 58.4 Å². The lowest BCUT2D eigenvalue weighted by atomic mass is 10.1. The molecular formula is C14H25N3O2. The molecule has 5 heteroatoms. The predicted octanol–water partition coefficient (Wildman–Crippen LogP) is 1.61. The summed E-state index contributed by atoms with van der Waals surface area (Å²) in [5.41, 5.74) is 1.51. The van der Waals surface area contributed by atoms with Gasteiger partial charge in [-0.1, -0.05) is 20.8 Å². The Bertz CT molecular complexity index is 411. The van der Waals surface area contributed by atoms with E-state index in [1.54, 1.807) is 16.6 Å². The van der Waals surface area contributed by atoms with Gasteiger partial charge in [-0.2, -0.15) is 5.10 Å². The quantitative estimate of drug-likeness (QED) is 0.816. The van der Waals surface area contributed by atoms with E-state index in [-0.39, 0.29) is 18.6 Å². The minimum Gasteiger partial charge on any atom is -0.395 e. The third kappa shape index (κ3) is 3.56. The lowest BCUT2D eigenvalue weighted by Gasteiger charge is -2.29. The Hall–Kier alpha value is -1.36. The molecule has 1 aromatic heterocycles. The van der Waals surface area contributed by atoms with Crippen molar-refractivity contribution in [2.24, 2.45) is 7.05 Å². The zero-order chi connectivity index (χ0) is 14.4. The maximum Gasteiger partial charge on any atom is 0.272 e. The smallest absolute Gasteiger partial charge is 0.272 e. The van der Waals surface area contributed by atoms with Crippen LogP contribution in [0.15, 0.2) is 6.07 Å². The molecule has 5 nitrogen and oxygen atoms in total. The van der Waals surface area contributed by atoms with Crippen LogP contribution in [0.5, 0.6) is 0 Å². The lowest BCUT2D eigenvalue weighted by molar-refractivity contribution is 0.0611. The summed E-state index contributed by atoms with van der Waals surface area (Å²) in [6.07, 6.45) is 2.59. The molecule has 0 unspecified atom stereocenters. The summed E-state index contributed by atoms with van der Waals surface area (Å²) in [4.78, 5) is 14.4. The van der Waals surface area contributed by atoms with Crippen molar-refractivity contribution in [2.75, 3.05) is 13.2 Å². The van der Waals surface area contributed by atoms with E-state index in [9.17, 15) is 9.90 Å². The van der Waals surface area contributed by atoms with Gasteiger partial charge in [0, 0.05) is 19.6 Å². The molecule has 1 amide bonds. The highest BCUT2D eigenvalue weighted by Gasteiger charge is 2.24. The number of amides is 1. The number of rotatable bonds is 7. The number of hydrogen-bond acceptors (Lipinski definition) is 3. The Balaban J connectivity index is 3.00. The summed E-state index contributed by atoms with van der Waals surface area (Å²) in [7, 11) is 1.79. The van der Waals surface area contributed by atoms with Gasteiger partial charge in [-0.15, -0.1) is 0 Å². The molecule has 1 N–H and O–H groups in total. The maximum atomic E-state index is 12.6. The van der Waals surface area contributed by atoms with Crippen LogP contribution in [0.4, 0.5) is 0 Å². The normalized spacial score (nSPS) is 11.1. The molecule has 0 aliphatic heterocycles. The fourth-order valence-electron chi connectivity index (χ4n) is 2.33. The van der Waals surface area contributed by atoms with Gasteiger partial charge >= 0.3 is 0 Å². The fourth-order valence-corrected chi connectivity index (χ4v) is 2.33. The van der Waals surface area contributed by atoms with E-state index < -0.39 is 0 Å². The van der Waals surface area contributed by atoms with Gasteiger partial charge in [-0.25, -0.2) is 0 Å². The number of hydrogen-bond donors (Lipinski definition) is 1. The number of carbonyl (C=O) groups is 1. The van der Waals surface area contributed by atoms with Crippen LogP contribution in [0.25, 0.3) is 0 Å². The second kappa shape index (κ2) is 7.28. The second-order valence-electron chi connectivity index (χ2n) is 4.69. The molecule has 0 bridgehead atoms. The van der Waals surface area contributed by atoms with Crippen LogP contribution in [-0.2, 0) is 13.5 Å². The van der Waals surface area contributed by atoms with E-state index >= 15 is 0 Å². The van der Waals surface area contributed by atoms with Crippen LogP contribution in [0.3, 0.4) is 0 Å². The highest BCUT2D eigenvalue weighted by molar-refractivity contribution is 5.93. The zero-order valence-electron chi connectivity index (χ0n) is 12.4. The van der Waals surface area contributed by atoms with Crippen LogP contribution < -0.4 is 0 Å². The van der Waals surface area contributed by atoms with Crippen molar-refractivity contribution in [3.05, 3.63) is 17.5 Å². The number of nitrogens with zero attached hydrogens (tertiary/aromatic N) is 3. The summed E-state index contributed by atoms with van der Waals surface area (Å²) in [6, 6.07) is 2.01. The molecule has 0 saturated heterocycles. The number of aryl methyl sites for hydroxylation is 2. The predicted molar refractivity (Wildman–Crippen MR) is 75.1 cm³/mol. The number of carbonyl (C=O) groups excluding carboxylic acids is 1. The third-order valence-corrected chi connectivity index (χ3v) is 3.50. The van der Waals surface area contributed by atoms with E-state index in [2.05, 4.69) is 18.9 Å². The molecule has 0 aliphatic rings. The molecule has 0 atom stereocenters. The molecule has 0 spiro atoms. The van der Waals surface area contributed by atoms with Crippen molar-refractivity contribution in [3.8, 4) is 0 Å². The Kier molecular flexibility index (Phi) is 6.02. The van der Waals surface area contributed by atoms with Crippen molar-refractivity contribution < 1.29 is 9.90 Å². The molecule has 108 valence electrons. The summed E-state index contributed by atoms with van der Waals surface area (Å²) in [5, 5.41) is 13.5. The third-order valence-electron chi connectivity index (χ3n) is 3.50. The number of aliphatic hydroxyl groups is 1. The minimum atomic E-state index is -0.0440. The highest BCUT2D eigenvalue weighted by atomic mass is 16.3. The van der Waals surface area contributed by atoms with Crippen molar-refractivity contribution >= 4 is 5.91 Å². The van der Waals surface area contributed by atoms with E-state index in [4.69, 9.17) is 0 Å². The van der Waals surface area contributed by atoms with Gasteiger partial charge in [-0.05, 0) is 25.3 Å². The first-order chi connectivity index (χ1) is 9.08. The summed E-state index contributed by atoms with van der Waals surface area (Å²) in [6.45, 7) is 6.50. The number of aliphatic hydroxyl groups excluding tert-OH is 1. The Labute approximate surface area is 115 Å². The Morgan fingerprint density at radius 3 is 2.47 bits per heavy atom. The molecule has 1 heterocycles. The van der Waals surface area contributed by atoms with Gasteiger partial charge in [0.25, 0.3) is 5.91 Å². The van der Waals surface area contributed by atoms with Gasteiger partial charge in [0.15, 0.2) is 0 Å². The van der Waals surface area contributed by atoms with Gasteiger partial charge in [0.2, 0.25) is 0 Å². The molecule has 0 aromatic carbocycles. The van der Waals surface area contributed by atoms with Gasteiger partial charge in [0.05, 0.1) is 12.3 Å². The van der Waals surface area contributed by atoms with E-state index in [0.29, 0.717) is 12.2 Å². The first kappa shape index (κ1) is 15.7. The van der Waals surface area contributed by atoms with Crippen molar-refractivity contribution in [1.29, 1.82) is 0 Å². The van der Waals surface area contributed by atoms with Crippen molar-refractivity contribution in [1.82, 2.24) is 14.7 Å². The van der Waals surface area contributed by atoms with E-state index in [0.717, 1.165) is 25.0 Å². The first-order valence-corrected chi connectivity index (χ1v) is 7.03. The highest BCUT2D eigenvalue weighted by Crippen LogP contribution is 2.14. The average Bonchev–Trinajstić information content (AvgIpc) is 2.79. The van der Waals surface area contributed by atoms with E-state index in [1.165, 1.54) is 0 Å². The monoisotopic (exact) mass is 267 g/mol. The zero-order valence-corrected chi connectivity index (χ0v) is 12.4. The molecule has 0 fully saturated rings. The molecular weight excluding hydrogens is 242 g/mol. The summed E-state index contributed by atoms with van der Waals surface area (Å²) in [5.74, 6) is -0.0440. The molecule has 0 saturated carbocycles. The first-order valence-electron chi connectivity index (χ1n) is 7.03. The Morgan fingerprint density at radius 1 is 1.42 bits per heavy atom. The molecule has 0 radical (unpaired) electrons. The Morgan fingerprint density at radius 2 is 2.05 bits per heavy atom. The largest absolute Gasteiger partial charge is 0.395 e. The SMILES string of the molecule is CCc1cc(C(=O)N(CCO)C(CC)CC)n(C)n1. The summed E-state index contributed by atoms with van der Waals surface area (Å²) >= 11 is 0. The van der Waals surface area contributed by atoms with Crippen LogP contribution in [0.2, 0.25) is 0 Å². The van der Waals surface area contributed by atoms with Gasteiger partial charge < -0.3 is 10.0 Å². The standard InChI is InChI=1S/C14H25N3O2/c1-5-11-10-13(16(4)15-11)14(19)17(8-9-18)12(6-2)7-3/h10,12,18H,5-9H2,1-4H3. The minimum absolute atomic E-state index is 0.0132. The van der Waals surface area contributed by atoms with Gasteiger partial charge in [0.1, 0.15) is 5.69 Å². The molecule has 0 aliphatic carbocycles. The van der Waals surface area contributed by atoms with Gasteiger partial charge in [-0.3, -0.25) is 9.48 Å². The van der Waals surface area contributed by atoms with Crippen molar-refractivity contribution in [3.63, 3.8) is 0 Å². The summed E-state index contributed by atoms with van der Waals surface area (Å²) < 4.78 is 1.63. The second-order valence-corrected chi connectivity index (χ2v) is 4.69. The van der Waals surface area contributed by atoms with Crippen LogP contribution >= 0.6 is 0 Å². The molecule has 19 heavy (non-hydrogen) atoms. The van der Waals surface area contributed by atoms with E-state index in [1.807, 2.05) is 13.0 Å². The lowest BCUT2D eigenvalue weighted by Crippen LogP contribution is -2.42. The van der Waals surface area contributed by atoms with Crippen LogP contribution in [0.1, 0.15) is 49.8 Å².